The van der Waals surface area contributed by atoms with Crippen LogP contribution in [0.2, 0.25) is 0 Å². The van der Waals surface area contributed by atoms with Crippen LogP contribution in [0.5, 0.6) is 0 Å². The van der Waals surface area contributed by atoms with Crippen molar-refractivity contribution in [2.45, 2.75) is 49.7 Å². The van der Waals surface area contributed by atoms with Gasteiger partial charge in [-0.3, -0.25) is 14.6 Å². The molecule has 1 amide bonds. The maximum atomic E-state index is 13.5. The van der Waals surface area contributed by atoms with Crippen molar-refractivity contribution in [1.29, 1.82) is 0 Å². The van der Waals surface area contributed by atoms with E-state index in [4.69, 9.17) is 5.11 Å². The first-order valence-corrected chi connectivity index (χ1v) is 12.2. The molecule has 0 saturated carbocycles. The molecule has 3 heterocycles. The number of alkyl halides is 9. The van der Waals surface area contributed by atoms with Crippen LogP contribution in [-0.4, -0.2) is 108 Å². The van der Waals surface area contributed by atoms with Crippen molar-refractivity contribution >= 4 is 17.7 Å². The minimum Gasteiger partial charge on any atom is -0.480 e. The van der Waals surface area contributed by atoms with Crippen LogP contribution in [0.4, 0.5) is 50.0 Å². The maximum absolute atomic E-state index is 13.5. The first-order valence-electron chi connectivity index (χ1n) is 12.2. The zero-order valence-electron chi connectivity index (χ0n) is 20.7. The van der Waals surface area contributed by atoms with E-state index in [-0.39, 0.29) is 51.4 Å². The lowest BCUT2D eigenvalue weighted by Crippen LogP contribution is -2.52. The average Bonchev–Trinajstić information content (AvgIpc) is 3.41. The topological polar surface area (TPSA) is 76.6 Å². The molecule has 3 aliphatic heterocycles. The predicted octanol–water partition coefficient (Wildman–Crippen LogP) is 3.80. The zero-order valence-corrected chi connectivity index (χ0v) is 20.7. The van der Waals surface area contributed by atoms with E-state index in [1.807, 2.05) is 4.90 Å². The van der Waals surface area contributed by atoms with Crippen molar-refractivity contribution in [2.75, 3.05) is 50.7 Å². The number of carboxylic acids is 1. The Morgan fingerprint density at radius 2 is 1.55 bits per heavy atom. The van der Waals surface area contributed by atoms with E-state index in [9.17, 15) is 49.1 Å². The summed E-state index contributed by atoms with van der Waals surface area (Å²) in [6.45, 7) is 0.162. The van der Waals surface area contributed by atoms with Crippen LogP contribution in [0.1, 0.15) is 17.5 Å². The molecule has 0 aliphatic carbocycles. The number of nitrogens with zero attached hydrogens (tertiary/aromatic N) is 4. The molecule has 3 aliphatic rings. The minimum absolute atomic E-state index is 0.0245. The van der Waals surface area contributed by atoms with Crippen molar-refractivity contribution < 1.29 is 58.9 Å². The van der Waals surface area contributed by atoms with Gasteiger partial charge in [-0.25, -0.2) is 4.79 Å². The van der Waals surface area contributed by atoms with Gasteiger partial charge in [-0.15, -0.1) is 0 Å². The zero-order chi connectivity index (χ0) is 29.6. The van der Waals surface area contributed by atoms with Crippen LogP contribution in [0.3, 0.4) is 0 Å². The molecule has 1 aromatic rings. The highest BCUT2D eigenvalue weighted by Gasteiger charge is 2.60. The van der Waals surface area contributed by atoms with Crippen molar-refractivity contribution in [1.82, 2.24) is 14.7 Å². The Morgan fingerprint density at radius 1 is 0.925 bits per heavy atom. The lowest BCUT2D eigenvalue weighted by atomic mass is 10.0. The fourth-order valence-corrected chi connectivity index (χ4v) is 5.38. The summed E-state index contributed by atoms with van der Waals surface area (Å²) in [6.07, 6.45) is -21.7. The Bertz CT molecular complexity index is 1090. The number of carbonyl (C=O) groups excluding carboxylic acids is 1. The number of anilines is 1. The van der Waals surface area contributed by atoms with Gasteiger partial charge in [-0.2, -0.15) is 39.5 Å². The molecule has 17 heteroatoms. The molecule has 0 aromatic heterocycles. The number of benzene rings is 1. The molecule has 0 spiro atoms. The molecule has 2 bridgehead atoms. The van der Waals surface area contributed by atoms with Crippen molar-refractivity contribution in [2.24, 2.45) is 0 Å². The molecule has 4 rings (SSSR count). The Labute approximate surface area is 221 Å². The SMILES string of the molecule is O=C(O)CN1CC2CC1CN2c1cc(C(F)(F)F)ccc1CN1CCN(C(=O)OC(C(F)(F)F)C(F)(F)F)CC1. The van der Waals surface area contributed by atoms with E-state index >= 15 is 0 Å². The van der Waals surface area contributed by atoms with E-state index in [0.717, 1.165) is 12.1 Å². The van der Waals surface area contributed by atoms with Gasteiger partial charge < -0.3 is 19.6 Å². The largest absolute Gasteiger partial charge is 0.480 e. The standard InChI is InChI=1S/C23H25F9N4O4/c24-21(25,26)14-2-1-13(17(7-14)36-11-15-8-16(36)10-35(15)12-18(37)38)9-33-3-5-34(6-4-33)20(39)40-19(22(27,28)29)23(30,31)32/h1-2,7,15-16,19H,3-6,8-12H2,(H,37,38). The van der Waals surface area contributed by atoms with E-state index in [2.05, 4.69) is 4.74 Å². The number of fused-ring (bicyclic) bond motifs is 2. The van der Waals surface area contributed by atoms with Crippen LogP contribution in [0, 0.1) is 0 Å². The number of aliphatic carboxylic acids is 1. The third-order valence-electron chi connectivity index (χ3n) is 7.25. The monoisotopic (exact) mass is 592 g/mol. The molecule has 3 fully saturated rings. The second-order valence-corrected chi connectivity index (χ2v) is 9.97. The van der Waals surface area contributed by atoms with Crippen molar-refractivity contribution in [3.8, 4) is 0 Å². The second kappa shape index (κ2) is 10.8. The number of hydrogen-bond acceptors (Lipinski definition) is 6. The summed E-state index contributed by atoms with van der Waals surface area (Å²) in [7, 11) is 0. The van der Waals surface area contributed by atoms with Gasteiger partial charge in [0, 0.05) is 63.6 Å². The number of halogens is 9. The quantitative estimate of drug-likeness (QED) is 0.504. The van der Waals surface area contributed by atoms with Gasteiger partial charge in [-0.05, 0) is 24.1 Å². The van der Waals surface area contributed by atoms with Crippen LogP contribution >= 0.6 is 0 Å². The number of carbonyl (C=O) groups is 2. The van der Waals surface area contributed by atoms with E-state index in [1.54, 1.807) is 9.80 Å². The summed E-state index contributed by atoms with van der Waals surface area (Å²) in [4.78, 5) is 29.1. The summed E-state index contributed by atoms with van der Waals surface area (Å²) in [6, 6.07) is 2.92. The molecule has 0 radical (unpaired) electrons. The molecule has 40 heavy (non-hydrogen) atoms. The average molecular weight is 592 g/mol. The first-order chi connectivity index (χ1) is 18.4. The number of piperazine rings is 2. The molecule has 3 saturated heterocycles. The molecule has 224 valence electrons. The van der Waals surface area contributed by atoms with Crippen molar-refractivity contribution in [3.63, 3.8) is 0 Å². The fourth-order valence-electron chi connectivity index (χ4n) is 5.38. The molecule has 2 atom stereocenters. The Morgan fingerprint density at radius 3 is 2.05 bits per heavy atom. The molecular formula is C23H25F9N4O4. The molecule has 1 N–H and O–H groups in total. The summed E-state index contributed by atoms with van der Waals surface area (Å²) < 4.78 is 121. The van der Waals surface area contributed by atoms with Crippen LogP contribution in [0.15, 0.2) is 18.2 Å². The number of likely N-dealkylation sites (tertiary alicyclic amines) is 1. The maximum Gasteiger partial charge on any atom is 0.434 e. The molecule has 8 nitrogen and oxygen atoms in total. The van der Waals surface area contributed by atoms with Gasteiger partial charge in [0.25, 0.3) is 6.10 Å². The molecular weight excluding hydrogens is 567 g/mol. The van der Waals surface area contributed by atoms with Crippen molar-refractivity contribution in [3.05, 3.63) is 29.3 Å². The highest BCUT2D eigenvalue weighted by atomic mass is 19.4. The lowest BCUT2D eigenvalue weighted by Gasteiger charge is -2.38. The van der Waals surface area contributed by atoms with Gasteiger partial charge in [-0.1, -0.05) is 6.07 Å². The van der Waals surface area contributed by atoms with Gasteiger partial charge in [0.2, 0.25) is 0 Å². The summed E-state index contributed by atoms with van der Waals surface area (Å²) in [5, 5.41) is 9.09. The van der Waals surface area contributed by atoms with E-state index in [1.165, 1.54) is 6.07 Å². The van der Waals surface area contributed by atoms with Gasteiger partial charge in [0.05, 0.1) is 12.1 Å². The third kappa shape index (κ3) is 6.67. The highest BCUT2D eigenvalue weighted by molar-refractivity contribution is 5.69. The van der Waals surface area contributed by atoms with Gasteiger partial charge >= 0.3 is 30.6 Å². The highest BCUT2D eigenvalue weighted by Crippen LogP contribution is 2.40. The normalized spacial score (nSPS) is 22.9. The lowest BCUT2D eigenvalue weighted by molar-refractivity contribution is -0.308. The molecule has 1 aromatic carbocycles. The Hall–Kier alpha value is -2.95. The predicted molar refractivity (Wildman–Crippen MR) is 119 cm³/mol. The summed E-state index contributed by atoms with van der Waals surface area (Å²) in [5.41, 5.74) is -0.0410. The van der Waals surface area contributed by atoms with Gasteiger partial charge in [0.1, 0.15) is 0 Å². The molecule has 2 unspecified atom stereocenters. The van der Waals surface area contributed by atoms with Crippen LogP contribution in [0.25, 0.3) is 0 Å². The number of hydrogen-bond donors (Lipinski definition) is 1. The number of amides is 1. The minimum atomic E-state index is -5.84. The second-order valence-electron chi connectivity index (χ2n) is 9.97. The number of ether oxygens (including phenoxy) is 1. The summed E-state index contributed by atoms with van der Waals surface area (Å²) in [5.74, 6) is -1.01. The summed E-state index contributed by atoms with van der Waals surface area (Å²) >= 11 is 0. The smallest absolute Gasteiger partial charge is 0.434 e. The van der Waals surface area contributed by atoms with Crippen LogP contribution in [-0.2, 0) is 22.3 Å². The Balaban J connectivity index is 1.43. The number of carboxylic acid groups (broad SMARTS) is 1. The van der Waals surface area contributed by atoms with E-state index < -0.39 is 42.3 Å². The van der Waals surface area contributed by atoms with Gasteiger partial charge in [0.15, 0.2) is 0 Å². The first kappa shape index (κ1) is 30.0. The van der Waals surface area contributed by atoms with Crippen LogP contribution < -0.4 is 4.90 Å². The number of rotatable bonds is 6. The van der Waals surface area contributed by atoms with E-state index in [0.29, 0.717) is 35.7 Å². The third-order valence-corrected chi connectivity index (χ3v) is 7.25. The fraction of sp³-hybridized carbons (Fsp3) is 0.652. The Kier molecular flexibility index (Phi) is 8.10.